The molecular weight excluding hydrogens is 242 g/mol. The summed E-state index contributed by atoms with van der Waals surface area (Å²) in [6, 6.07) is 6.62. The Bertz CT molecular complexity index is 468. The van der Waals surface area contributed by atoms with Crippen molar-refractivity contribution < 1.29 is 0 Å². The average Bonchev–Trinajstić information content (AvgIpc) is 2.88. The fourth-order valence-electron chi connectivity index (χ4n) is 2.05. The molecule has 0 aliphatic heterocycles. The van der Waals surface area contributed by atoms with Crippen LogP contribution in [-0.2, 0) is 6.42 Å². The molecule has 0 aliphatic carbocycles. The molecule has 0 aliphatic rings. The van der Waals surface area contributed by atoms with Crippen molar-refractivity contribution in [1.29, 1.82) is 0 Å². The average molecular weight is 261 g/mol. The predicted molar refractivity (Wildman–Crippen MR) is 76.3 cm³/mol. The van der Waals surface area contributed by atoms with Gasteiger partial charge in [-0.3, -0.25) is 16.3 Å². The van der Waals surface area contributed by atoms with Crippen LogP contribution in [0.25, 0.3) is 0 Å². The third-order valence-corrected chi connectivity index (χ3v) is 3.93. The number of nitrogens with two attached hydrogens (primary N) is 1. The molecule has 2 aromatic rings. The molecule has 0 aromatic carbocycles. The molecule has 0 fully saturated rings. The maximum absolute atomic E-state index is 5.64. The molecule has 0 bridgehead atoms. The van der Waals surface area contributed by atoms with Gasteiger partial charge in [0.25, 0.3) is 0 Å². The van der Waals surface area contributed by atoms with E-state index in [9.17, 15) is 0 Å². The zero-order chi connectivity index (χ0) is 12.8. The van der Waals surface area contributed by atoms with Gasteiger partial charge in [0.2, 0.25) is 0 Å². The number of hydrogen-bond donors (Lipinski definition) is 2. The van der Waals surface area contributed by atoms with Crippen molar-refractivity contribution in [1.82, 2.24) is 10.4 Å². The van der Waals surface area contributed by atoms with E-state index in [2.05, 4.69) is 40.9 Å². The highest BCUT2D eigenvalue weighted by Gasteiger charge is 2.10. The van der Waals surface area contributed by atoms with E-state index < -0.39 is 0 Å². The smallest absolute Gasteiger partial charge is 0.0475 e. The highest BCUT2D eigenvalue weighted by Crippen LogP contribution is 2.20. The van der Waals surface area contributed by atoms with Crippen LogP contribution in [0.3, 0.4) is 0 Å². The first kappa shape index (κ1) is 13.2. The van der Waals surface area contributed by atoms with Gasteiger partial charge in [-0.2, -0.15) is 0 Å². The van der Waals surface area contributed by atoms with Gasteiger partial charge >= 0.3 is 0 Å². The summed E-state index contributed by atoms with van der Waals surface area (Å²) in [6.07, 6.45) is 7.03. The number of pyridine rings is 1. The molecular formula is C14H19N3S. The summed E-state index contributed by atoms with van der Waals surface area (Å²) in [5.41, 5.74) is 5.23. The van der Waals surface area contributed by atoms with Gasteiger partial charge in [0.15, 0.2) is 0 Å². The van der Waals surface area contributed by atoms with E-state index in [4.69, 9.17) is 5.84 Å². The van der Waals surface area contributed by atoms with Crippen LogP contribution in [0.2, 0.25) is 0 Å². The lowest BCUT2D eigenvalue weighted by atomic mass is 10.0. The van der Waals surface area contributed by atoms with Crippen molar-refractivity contribution in [3.8, 4) is 0 Å². The second kappa shape index (κ2) is 6.64. The first-order valence-electron chi connectivity index (χ1n) is 6.19. The molecule has 0 radical (unpaired) electrons. The largest absolute Gasteiger partial charge is 0.271 e. The van der Waals surface area contributed by atoms with Gasteiger partial charge in [0.1, 0.15) is 0 Å². The predicted octanol–water partition coefficient (Wildman–Crippen LogP) is 2.98. The summed E-state index contributed by atoms with van der Waals surface area (Å²) in [5.74, 6) is 5.64. The van der Waals surface area contributed by atoms with Crippen molar-refractivity contribution >= 4 is 11.3 Å². The van der Waals surface area contributed by atoms with Gasteiger partial charge in [-0.05, 0) is 48.8 Å². The second-order valence-corrected chi connectivity index (χ2v) is 5.52. The zero-order valence-corrected chi connectivity index (χ0v) is 11.4. The normalized spacial score (nSPS) is 12.6. The quantitative estimate of drug-likeness (QED) is 0.621. The lowest BCUT2D eigenvalue weighted by molar-refractivity contribution is 0.498. The molecule has 3 nitrogen and oxygen atoms in total. The summed E-state index contributed by atoms with van der Waals surface area (Å²) < 4.78 is 0. The number of hydrogen-bond acceptors (Lipinski definition) is 4. The van der Waals surface area contributed by atoms with E-state index in [0.717, 1.165) is 19.3 Å². The molecule has 1 atom stereocenters. The van der Waals surface area contributed by atoms with Gasteiger partial charge in [-0.25, -0.2) is 0 Å². The third kappa shape index (κ3) is 3.63. The maximum Gasteiger partial charge on any atom is 0.0475 e. The second-order valence-electron chi connectivity index (χ2n) is 4.49. The van der Waals surface area contributed by atoms with Crippen LogP contribution in [0.1, 0.15) is 34.9 Å². The minimum atomic E-state index is 0.192. The van der Waals surface area contributed by atoms with Crippen molar-refractivity contribution in [2.24, 2.45) is 5.84 Å². The van der Waals surface area contributed by atoms with Crippen LogP contribution in [0.15, 0.2) is 36.0 Å². The Morgan fingerprint density at radius 2 is 2.33 bits per heavy atom. The van der Waals surface area contributed by atoms with E-state index in [1.165, 1.54) is 16.0 Å². The molecule has 0 saturated carbocycles. The molecule has 2 heterocycles. The van der Waals surface area contributed by atoms with Gasteiger partial charge in [0, 0.05) is 23.3 Å². The van der Waals surface area contributed by atoms with Gasteiger partial charge in [0.05, 0.1) is 0 Å². The zero-order valence-electron chi connectivity index (χ0n) is 10.6. The van der Waals surface area contributed by atoms with Crippen LogP contribution in [0.5, 0.6) is 0 Å². The fraction of sp³-hybridized carbons (Fsp3) is 0.357. The highest BCUT2D eigenvalue weighted by molar-refractivity contribution is 7.09. The van der Waals surface area contributed by atoms with Crippen LogP contribution in [0.4, 0.5) is 0 Å². The molecule has 2 rings (SSSR count). The Morgan fingerprint density at radius 1 is 1.44 bits per heavy atom. The highest BCUT2D eigenvalue weighted by atomic mass is 32.1. The molecule has 96 valence electrons. The number of aryl methyl sites for hydroxylation is 2. The minimum Gasteiger partial charge on any atom is -0.271 e. The number of rotatable bonds is 6. The summed E-state index contributed by atoms with van der Waals surface area (Å²) in [5, 5.41) is 2.12. The topological polar surface area (TPSA) is 50.9 Å². The fourth-order valence-corrected chi connectivity index (χ4v) is 2.80. The monoisotopic (exact) mass is 261 g/mol. The van der Waals surface area contributed by atoms with Crippen LogP contribution >= 0.6 is 11.3 Å². The number of nitrogens with zero attached hydrogens (tertiary/aromatic N) is 1. The Morgan fingerprint density at radius 3 is 3.00 bits per heavy atom. The Balaban J connectivity index is 1.89. The van der Waals surface area contributed by atoms with E-state index in [1.54, 1.807) is 0 Å². The number of nitrogens with one attached hydrogen (secondary N) is 1. The van der Waals surface area contributed by atoms with Gasteiger partial charge < -0.3 is 0 Å². The number of hydrazine groups is 1. The SMILES string of the molecule is Cc1cncc(C(CCCc2cccs2)NN)c1. The Kier molecular flexibility index (Phi) is 4.87. The van der Waals surface area contributed by atoms with Crippen molar-refractivity contribution in [3.05, 3.63) is 52.0 Å². The maximum atomic E-state index is 5.64. The standard InChI is InChI=1S/C14H19N3S/c1-11-8-12(10-16-9-11)14(17-15)6-2-4-13-5-3-7-18-13/h3,5,7-10,14,17H,2,4,6,15H2,1H3. The van der Waals surface area contributed by atoms with Crippen LogP contribution < -0.4 is 11.3 Å². The molecule has 0 amide bonds. The minimum absolute atomic E-state index is 0.192. The first-order chi connectivity index (χ1) is 8.79. The lowest BCUT2D eigenvalue weighted by Gasteiger charge is -2.16. The molecule has 2 aromatic heterocycles. The third-order valence-electron chi connectivity index (χ3n) is 3.00. The van der Waals surface area contributed by atoms with Gasteiger partial charge in [-0.1, -0.05) is 12.1 Å². The van der Waals surface area contributed by atoms with Crippen LogP contribution in [0, 0.1) is 6.92 Å². The van der Waals surface area contributed by atoms with E-state index in [-0.39, 0.29) is 6.04 Å². The van der Waals surface area contributed by atoms with E-state index >= 15 is 0 Å². The number of thiophene rings is 1. The van der Waals surface area contributed by atoms with Gasteiger partial charge in [-0.15, -0.1) is 11.3 Å². The molecule has 3 N–H and O–H groups in total. The Hall–Kier alpha value is -1.23. The molecule has 4 heteroatoms. The van der Waals surface area contributed by atoms with Crippen molar-refractivity contribution in [2.75, 3.05) is 0 Å². The van der Waals surface area contributed by atoms with Crippen molar-refractivity contribution in [2.45, 2.75) is 32.2 Å². The Labute approximate surface area is 112 Å². The van der Waals surface area contributed by atoms with E-state index in [1.807, 2.05) is 23.7 Å². The summed E-state index contributed by atoms with van der Waals surface area (Å²) >= 11 is 1.82. The summed E-state index contributed by atoms with van der Waals surface area (Å²) in [4.78, 5) is 5.66. The lowest BCUT2D eigenvalue weighted by Crippen LogP contribution is -2.28. The summed E-state index contributed by atoms with van der Waals surface area (Å²) in [7, 11) is 0. The van der Waals surface area contributed by atoms with Crippen molar-refractivity contribution in [3.63, 3.8) is 0 Å². The molecule has 1 unspecified atom stereocenters. The molecule has 0 saturated heterocycles. The summed E-state index contributed by atoms with van der Waals surface area (Å²) in [6.45, 7) is 2.05. The van der Waals surface area contributed by atoms with E-state index in [0.29, 0.717) is 0 Å². The number of aromatic nitrogens is 1. The first-order valence-corrected chi connectivity index (χ1v) is 7.07. The molecule has 0 spiro atoms. The van der Waals surface area contributed by atoms with Crippen LogP contribution in [-0.4, -0.2) is 4.98 Å². The molecule has 18 heavy (non-hydrogen) atoms.